The van der Waals surface area contributed by atoms with Gasteiger partial charge in [-0.25, -0.2) is 9.38 Å². The van der Waals surface area contributed by atoms with Crippen molar-refractivity contribution in [3.63, 3.8) is 0 Å². The number of furan rings is 1. The van der Waals surface area contributed by atoms with E-state index in [0.29, 0.717) is 12.6 Å². The molecule has 3 aliphatic rings. The number of fused-ring (bicyclic) bond motifs is 4. The van der Waals surface area contributed by atoms with E-state index in [1.165, 1.54) is 6.07 Å². The maximum atomic E-state index is 13.7. The zero-order chi connectivity index (χ0) is 17.8. The van der Waals surface area contributed by atoms with Crippen molar-refractivity contribution in [2.75, 3.05) is 20.6 Å². The SMILES string of the molecule is CN(C)C1=NC2C=CC(N3CCc4oc5ccc(F)cc5c4C3)=CC2O1. The van der Waals surface area contributed by atoms with E-state index in [9.17, 15) is 4.39 Å². The summed E-state index contributed by atoms with van der Waals surface area (Å²) >= 11 is 0. The summed E-state index contributed by atoms with van der Waals surface area (Å²) < 4.78 is 25.5. The Hall–Kier alpha value is -2.76. The number of nitrogens with zero attached hydrogens (tertiary/aromatic N) is 3. The highest BCUT2D eigenvalue weighted by atomic mass is 19.1. The molecule has 5 rings (SSSR count). The fourth-order valence-electron chi connectivity index (χ4n) is 3.83. The predicted octanol–water partition coefficient (Wildman–Crippen LogP) is 3.07. The molecule has 0 fully saturated rings. The van der Waals surface area contributed by atoms with Gasteiger partial charge in [0.1, 0.15) is 29.3 Å². The van der Waals surface area contributed by atoms with E-state index in [1.807, 2.05) is 19.0 Å². The van der Waals surface area contributed by atoms with Gasteiger partial charge < -0.3 is 19.0 Å². The van der Waals surface area contributed by atoms with E-state index in [-0.39, 0.29) is 18.0 Å². The molecule has 0 saturated heterocycles. The average molecular weight is 353 g/mol. The molecule has 2 aliphatic heterocycles. The molecule has 2 atom stereocenters. The average Bonchev–Trinajstić information content (AvgIpc) is 3.21. The Balaban J connectivity index is 1.42. The summed E-state index contributed by atoms with van der Waals surface area (Å²) in [5.74, 6) is 0.737. The van der Waals surface area contributed by atoms with E-state index in [4.69, 9.17) is 9.15 Å². The van der Waals surface area contributed by atoms with Crippen LogP contribution in [0.1, 0.15) is 11.3 Å². The van der Waals surface area contributed by atoms with Gasteiger partial charge in [0.25, 0.3) is 6.02 Å². The highest BCUT2D eigenvalue weighted by molar-refractivity contribution is 5.82. The molecule has 2 aromatic rings. The number of halogens is 1. The van der Waals surface area contributed by atoms with Crippen molar-refractivity contribution < 1.29 is 13.5 Å². The monoisotopic (exact) mass is 353 g/mol. The predicted molar refractivity (Wildman–Crippen MR) is 97.3 cm³/mol. The summed E-state index contributed by atoms with van der Waals surface area (Å²) in [6, 6.07) is 5.44. The first-order valence-electron chi connectivity index (χ1n) is 8.85. The third kappa shape index (κ3) is 2.40. The van der Waals surface area contributed by atoms with Crippen molar-refractivity contribution >= 4 is 17.0 Å². The van der Waals surface area contributed by atoms with Crippen LogP contribution in [0.3, 0.4) is 0 Å². The van der Waals surface area contributed by atoms with Gasteiger partial charge in [-0.05, 0) is 30.4 Å². The maximum Gasteiger partial charge on any atom is 0.288 e. The number of allylic oxidation sites excluding steroid dienone is 1. The molecule has 3 heterocycles. The van der Waals surface area contributed by atoms with Gasteiger partial charge in [-0.2, -0.15) is 0 Å². The first kappa shape index (κ1) is 15.5. The second-order valence-corrected chi connectivity index (χ2v) is 7.15. The lowest BCUT2D eigenvalue weighted by atomic mass is 10.0. The number of hydrogen-bond donors (Lipinski definition) is 0. The molecule has 1 aliphatic carbocycles. The summed E-state index contributed by atoms with van der Waals surface area (Å²) in [4.78, 5) is 8.77. The summed E-state index contributed by atoms with van der Waals surface area (Å²) in [6.45, 7) is 1.57. The van der Waals surface area contributed by atoms with Gasteiger partial charge >= 0.3 is 0 Å². The van der Waals surface area contributed by atoms with Crippen LogP contribution in [0, 0.1) is 5.82 Å². The molecule has 0 radical (unpaired) electrons. The van der Waals surface area contributed by atoms with Crippen molar-refractivity contribution in [3.05, 3.63) is 59.3 Å². The van der Waals surface area contributed by atoms with Gasteiger partial charge in [0, 0.05) is 50.3 Å². The largest absolute Gasteiger partial charge is 0.461 e. The van der Waals surface area contributed by atoms with E-state index in [2.05, 4.69) is 28.1 Å². The van der Waals surface area contributed by atoms with Gasteiger partial charge in [0.05, 0.1) is 0 Å². The Morgan fingerprint density at radius 1 is 1.31 bits per heavy atom. The first-order chi connectivity index (χ1) is 12.6. The molecular formula is C20H20FN3O2. The van der Waals surface area contributed by atoms with Crippen molar-refractivity contribution in [2.45, 2.75) is 25.1 Å². The number of benzene rings is 1. The molecule has 6 heteroatoms. The number of hydrogen-bond acceptors (Lipinski definition) is 5. The van der Waals surface area contributed by atoms with Gasteiger partial charge in [-0.15, -0.1) is 0 Å². The Labute approximate surface area is 151 Å². The Kier molecular flexibility index (Phi) is 3.35. The highest BCUT2D eigenvalue weighted by Crippen LogP contribution is 2.34. The van der Waals surface area contributed by atoms with Crippen molar-refractivity contribution in [1.82, 2.24) is 9.80 Å². The quantitative estimate of drug-likeness (QED) is 0.790. The van der Waals surface area contributed by atoms with Gasteiger partial charge in [0.2, 0.25) is 0 Å². The van der Waals surface area contributed by atoms with Crippen LogP contribution in [0.2, 0.25) is 0 Å². The van der Waals surface area contributed by atoms with Crippen LogP contribution >= 0.6 is 0 Å². The topological polar surface area (TPSA) is 41.2 Å². The van der Waals surface area contributed by atoms with E-state index in [0.717, 1.165) is 41.0 Å². The lowest BCUT2D eigenvalue weighted by molar-refractivity contribution is 0.216. The second-order valence-electron chi connectivity index (χ2n) is 7.15. The van der Waals surface area contributed by atoms with E-state index in [1.54, 1.807) is 12.1 Å². The van der Waals surface area contributed by atoms with Crippen molar-refractivity contribution in [2.24, 2.45) is 4.99 Å². The van der Waals surface area contributed by atoms with Crippen LogP contribution in [-0.2, 0) is 17.7 Å². The number of aliphatic imine (C=N–C) groups is 1. The molecule has 1 aromatic heterocycles. The van der Waals surface area contributed by atoms with Crippen molar-refractivity contribution in [1.29, 1.82) is 0 Å². The van der Waals surface area contributed by atoms with Gasteiger partial charge in [-0.3, -0.25) is 0 Å². The molecule has 134 valence electrons. The summed E-state index contributed by atoms with van der Waals surface area (Å²) in [6.07, 6.45) is 7.09. The molecule has 26 heavy (non-hydrogen) atoms. The Morgan fingerprint density at radius 2 is 2.19 bits per heavy atom. The molecule has 0 spiro atoms. The molecule has 5 nitrogen and oxygen atoms in total. The lowest BCUT2D eigenvalue weighted by Gasteiger charge is -2.31. The summed E-state index contributed by atoms with van der Waals surface area (Å²) in [7, 11) is 3.86. The molecule has 1 aromatic carbocycles. The van der Waals surface area contributed by atoms with Crippen LogP contribution in [0.4, 0.5) is 4.39 Å². The van der Waals surface area contributed by atoms with Crippen LogP contribution in [0.5, 0.6) is 0 Å². The van der Waals surface area contributed by atoms with Crippen LogP contribution in [0.25, 0.3) is 11.0 Å². The maximum absolute atomic E-state index is 13.7. The zero-order valence-electron chi connectivity index (χ0n) is 14.8. The van der Waals surface area contributed by atoms with E-state index < -0.39 is 0 Å². The minimum atomic E-state index is -0.231. The normalized spacial score (nSPS) is 24.0. The number of amidine groups is 1. The molecule has 2 unspecified atom stereocenters. The summed E-state index contributed by atoms with van der Waals surface area (Å²) in [5, 5.41) is 0.873. The van der Waals surface area contributed by atoms with Crippen molar-refractivity contribution in [3.8, 4) is 0 Å². The number of ether oxygens (including phenoxy) is 1. The third-order valence-electron chi connectivity index (χ3n) is 5.18. The molecule has 0 N–H and O–H groups in total. The molecule has 0 saturated carbocycles. The van der Waals surface area contributed by atoms with E-state index >= 15 is 0 Å². The molecule has 0 amide bonds. The summed E-state index contributed by atoms with van der Waals surface area (Å²) in [5.41, 5.74) is 2.97. The Morgan fingerprint density at radius 3 is 3.04 bits per heavy atom. The van der Waals surface area contributed by atoms with Gasteiger partial charge in [0.15, 0.2) is 0 Å². The second kappa shape index (κ2) is 5.62. The van der Waals surface area contributed by atoms with Crippen LogP contribution < -0.4 is 0 Å². The third-order valence-corrected chi connectivity index (χ3v) is 5.18. The number of rotatable bonds is 1. The fourth-order valence-corrected chi connectivity index (χ4v) is 3.83. The fraction of sp³-hybridized carbons (Fsp3) is 0.350. The molecule has 0 bridgehead atoms. The minimum absolute atomic E-state index is 0.0420. The molecular weight excluding hydrogens is 333 g/mol. The highest BCUT2D eigenvalue weighted by Gasteiger charge is 2.33. The zero-order valence-corrected chi connectivity index (χ0v) is 14.8. The van der Waals surface area contributed by atoms with Gasteiger partial charge in [-0.1, -0.05) is 6.08 Å². The first-order valence-corrected chi connectivity index (χ1v) is 8.85. The lowest BCUT2D eigenvalue weighted by Crippen LogP contribution is -2.32. The standard InChI is InChI=1S/C20H20FN3O2/c1-23(2)20-22-16-5-4-13(10-19(16)26-20)24-8-7-18-15(11-24)14-9-12(21)3-6-17(14)25-18/h3-6,9-10,16,19H,7-8,11H2,1-2H3. The van der Waals surface area contributed by atoms with Crippen LogP contribution in [0.15, 0.2) is 51.5 Å². The minimum Gasteiger partial charge on any atom is -0.461 e. The Bertz CT molecular complexity index is 973. The smallest absolute Gasteiger partial charge is 0.288 e. The van der Waals surface area contributed by atoms with Crippen LogP contribution in [-0.4, -0.2) is 48.6 Å².